The van der Waals surface area contributed by atoms with Crippen molar-refractivity contribution in [1.82, 2.24) is 19.4 Å². The van der Waals surface area contributed by atoms with E-state index in [9.17, 15) is 22.3 Å². The van der Waals surface area contributed by atoms with Crippen molar-refractivity contribution in [2.45, 2.75) is 18.6 Å². The highest BCUT2D eigenvalue weighted by Crippen LogP contribution is 2.29. The molecule has 0 spiro atoms. The average Bonchev–Trinajstić information content (AvgIpc) is 2.83. The summed E-state index contributed by atoms with van der Waals surface area (Å²) in [4.78, 5) is 16.3. The van der Waals surface area contributed by atoms with Crippen LogP contribution >= 0.6 is 11.6 Å². The molecule has 2 aliphatic rings. The fourth-order valence-corrected chi connectivity index (χ4v) is 5.29. The second kappa shape index (κ2) is 12.0. The summed E-state index contributed by atoms with van der Waals surface area (Å²) in [6.45, 7) is 4.94. The highest BCUT2D eigenvalue weighted by atomic mass is 35.5. The van der Waals surface area contributed by atoms with Crippen LogP contribution in [0, 0.1) is 11.6 Å². The molecule has 2 aromatic rings. The van der Waals surface area contributed by atoms with E-state index in [1.165, 1.54) is 35.7 Å². The molecule has 0 bridgehead atoms. The normalized spacial score (nSPS) is 19.2. The standard InChI is InChI=1S/C24H29ClF2N4O4S/c1-35-24(32)17-2-3-18(22(27)11-17)14-31(36(33)34)15-23(16-4-5-21(26)20(25)10-16)30-8-6-29(7-9-30)19-12-28-13-19/h2-5,10-11,19,23,28H,6-9,12-15H2,1H3,(H,33,34). The highest BCUT2D eigenvalue weighted by Gasteiger charge is 2.32. The maximum Gasteiger partial charge on any atom is 0.337 e. The number of carbonyl (C=O) groups is 1. The van der Waals surface area contributed by atoms with Gasteiger partial charge in [-0.1, -0.05) is 23.7 Å². The number of piperazine rings is 1. The lowest BCUT2D eigenvalue weighted by Crippen LogP contribution is -2.62. The molecule has 2 fully saturated rings. The third kappa shape index (κ3) is 6.28. The summed E-state index contributed by atoms with van der Waals surface area (Å²) in [5, 5.41) is 3.25. The Bertz CT molecular complexity index is 1120. The predicted octanol–water partition coefficient (Wildman–Crippen LogP) is 2.67. The van der Waals surface area contributed by atoms with Crippen molar-refractivity contribution in [3.8, 4) is 0 Å². The van der Waals surface area contributed by atoms with Gasteiger partial charge in [0.15, 0.2) is 0 Å². The van der Waals surface area contributed by atoms with Crippen LogP contribution in [0.4, 0.5) is 8.78 Å². The number of hydrogen-bond acceptors (Lipinski definition) is 6. The van der Waals surface area contributed by atoms with Crippen LogP contribution in [0.3, 0.4) is 0 Å². The lowest BCUT2D eigenvalue weighted by molar-refractivity contribution is 0.0460. The van der Waals surface area contributed by atoms with Gasteiger partial charge in [0.25, 0.3) is 0 Å². The Kier molecular flexibility index (Phi) is 9.05. The monoisotopic (exact) mass is 542 g/mol. The molecule has 2 N–H and O–H groups in total. The van der Waals surface area contributed by atoms with E-state index in [0.717, 1.165) is 32.2 Å². The van der Waals surface area contributed by atoms with Crippen LogP contribution in [-0.4, -0.2) is 87.8 Å². The molecule has 0 aromatic heterocycles. The number of halogens is 3. The number of benzene rings is 2. The van der Waals surface area contributed by atoms with Crippen LogP contribution in [-0.2, 0) is 22.5 Å². The molecule has 0 radical (unpaired) electrons. The molecular formula is C24H29ClF2N4O4S. The fourth-order valence-electron chi connectivity index (χ4n) is 4.58. The topological polar surface area (TPSA) is 85.4 Å². The molecule has 2 aliphatic heterocycles. The van der Waals surface area contributed by atoms with Crippen LogP contribution in [0.2, 0.25) is 5.02 Å². The molecular weight excluding hydrogens is 514 g/mol. The van der Waals surface area contributed by atoms with Gasteiger partial charge in [0.1, 0.15) is 11.6 Å². The number of carbonyl (C=O) groups excluding carboxylic acids is 1. The van der Waals surface area contributed by atoms with Crippen LogP contribution < -0.4 is 5.32 Å². The van der Waals surface area contributed by atoms with Crippen LogP contribution in [0.15, 0.2) is 36.4 Å². The first-order valence-electron chi connectivity index (χ1n) is 11.6. The molecule has 36 heavy (non-hydrogen) atoms. The van der Waals surface area contributed by atoms with E-state index >= 15 is 0 Å². The Labute approximate surface area is 216 Å². The molecule has 2 aromatic carbocycles. The van der Waals surface area contributed by atoms with Crippen LogP contribution in [0.5, 0.6) is 0 Å². The molecule has 8 nitrogen and oxygen atoms in total. The van der Waals surface area contributed by atoms with Crippen LogP contribution in [0.25, 0.3) is 0 Å². The summed E-state index contributed by atoms with van der Waals surface area (Å²) in [5.41, 5.74) is 0.911. The Balaban J connectivity index is 1.55. The first-order valence-corrected chi connectivity index (χ1v) is 13.1. The molecule has 2 unspecified atom stereocenters. The van der Waals surface area contributed by atoms with Gasteiger partial charge >= 0.3 is 5.97 Å². The van der Waals surface area contributed by atoms with E-state index in [2.05, 4.69) is 19.9 Å². The van der Waals surface area contributed by atoms with Gasteiger partial charge in [-0.3, -0.25) is 14.4 Å². The zero-order chi connectivity index (χ0) is 25.8. The lowest BCUT2D eigenvalue weighted by atomic mass is 10.0. The average molecular weight is 543 g/mol. The van der Waals surface area contributed by atoms with Crippen molar-refractivity contribution in [2.24, 2.45) is 0 Å². The van der Waals surface area contributed by atoms with E-state index in [1.54, 1.807) is 6.07 Å². The van der Waals surface area contributed by atoms with E-state index in [4.69, 9.17) is 11.6 Å². The van der Waals surface area contributed by atoms with Gasteiger partial charge < -0.3 is 10.1 Å². The molecule has 0 saturated carbocycles. The Morgan fingerprint density at radius 2 is 1.92 bits per heavy atom. The van der Waals surface area contributed by atoms with Gasteiger partial charge in [-0.2, -0.15) is 4.31 Å². The van der Waals surface area contributed by atoms with Gasteiger partial charge in [0.2, 0.25) is 11.3 Å². The number of esters is 1. The van der Waals surface area contributed by atoms with Gasteiger partial charge in [-0.15, -0.1) is 0 Å². The molecule has 0 aliphatic carbocycles. The summed E-state index contributed by atoms with van der Waals surface area (Å²) < 4.78 is 56.9. The van der Waals surface area contributed by atoms with Gasteiger partial charge in [0.05, 0.1) is 17.7 Å². The number of hydrogen-bond donors (Lipinski definition) is 2. The second-order valence-corrected chi connectivity index (χ2v) is 10.3. The highest BCUT2D eigenvalue weighted by molar-refractivity contribution is 7.76. The van der Waals surface area contributed by atoms with Gasteiger partial charge in [-0.25, -0.2) is 17.8 Å². The summed E-state index contributed by atoms with van der Waals surface area (Å²) in [7, 11) is 1.20. The minimum atomic E-state index is -2.42. The van der Waals surface area contributed by atoms with Gasteiger partial charge in [0, 0.05) is 70.0 Å². The minimum Gasteiger partial charge on any atom is -0.465 e. The Morgan fingerprint density at radius 3 is 2.47 bits per heavy atom. The summed E-state index contributed by atoms with van der Waals surface area (Å²) in [5.74, 6) is -1.90. The molecule has 4 rings (SSSR count). The Morgan fingerprint density at radius 1 is 1.19 bits per heavy atom. The summed E-state index contributed by atoms with van der Waals surface area (Å²) in [6, 6.07) is 8.44. The lowest BCUT2D eigenvalue weighted by Gasteiger charge is -2.45. The second-order valence-electron chi connectivity index (χ2n) is 8.92. The third-order valence-electron chi connectivity index (χ3n) is 6.81. The maximum atomic E-state index is 14.7. The number of rotatable bonds is 9. The SMILES string of the molecule is COC(=O)c1ccc(CN(CC(c2ccc(F)c(Cl)c2)N2CCN(C3CNC3)CC2)S(=O)O)c(F)c1. The van der Waals surface area contributed by atoms with E-state index in [1.807, 2.05) is 0 Å². The largest absolute Gasteiger partial charge is 0.465 e. The first kappa shape index (κ1) is 27.1. The van der Waals surface area contributed by atoms with Crippen molar-refractivity contribution in [1.29, 1.82) is 0 Å². The zero-order valence-corrected chi connectivity index (χ0v) is 21.4. The number of nitrogens with one attached hydrogen (secondary N) is 1. The Hall–Kier alpha value is -1.99. The number of methoxy groups -OCH3 is 1. The van der Waals surface area contributed by atoms with Crippen molar-refractivity contribution in [2.75, 3.05) is 52.9 Å². The van der Waals surface area contributed by atoms with Crippen molar-refractivity contribution in [3.63, 3.8) is 0 Å². The molecule has 0 amide bonds. The smallest absolute Gasteiger partial charge is 0.337 e. The van der Waals surface area contributed by atoms with E-state index in [0.29, 0.717) is 24.7 Å². The minimum absolute atomic E-state index is 0.0298. The number of ether oxygens (including phenoxy) is 1. The zero-order valence-electron chi connectivity index (χ0n) is 19.8. The molecule has 196 valence electrons. The van der Waals surface area contributed by atoms with Gasteiger partial charge in [-0.05, 0) is 29.8 Å². The quantitative estimate of drug-likeness (QED) is 0.372. The van der Waals surface area contributed by atoms with Crippen LogP contribution in [0.1, 0.15) is 27.5 Å². The first-order chi connectivity index (χ1) is 17.3. The van der Waals surface area contributed by atoms with Crippen molar-refractivity contribution < 1.29 is 27.1 Å². The molecule has 2 saturated heterocycles. The maximum absolute atomic E-state index is 14.7. The molecule has 2 atom stereocenters. The number of nitrogens with zero attached hydrogens (tertiary/aromatic N) is 3. The molecule has 2 heterocycles. The van der Waals surface area contributed by atoms with Crippen molar-refractivity contribution in [3.05, 3.63) is 69.7 Å². The summed E-state index contributed by atoms with van der Waals surface area (Å²) >= 11 is 3.65. The van der Waals surface area contributed by atoms with E-state index in [-0.39, 0.29) is 35.3 Å². The fraction of sp³-hybridized carbons (Fsp3) is 0.458. The molecule has 12 heteroatoms. The predicted molar refractivity (Wildman–Crippen MR) is 133 cm³/mol. The third-order valence-corrected chi connectivity index (χ3v) is 7.82. The van der Waals surface area contributed by atoms with Crippen molar-refractivity contribution >= 4 is 28.8 Å². The summed E-state index contributed by atoms with van der Waals surface area (Å²) in [6.07, 6.45) is 0. The van der Waals surface area contributed by atoms with E-state index < -0.39 is 28.9 Å².